The SMILES string of the molecule is CCNC(=O)c1cc(NC2CCCC(C)C2)ccn1. The standard InChI is InChI=1S/C15H23N3O/c1-3-16-15(19)14-10-13(7-8-17-14)18-12-6-4-5-11(2)9-12/h7-8,10-12H,3-6,9H2,1-2H3,(H,16,19)(H,17,18). The molecule has 19 heavy (non-hydrogen) atoms. The van der Waals surface area contributed by atoms with Gasteiger partial charge in [-0.15, -0.1) is 0 Å². The van der Waals surface area contributed by atoms with E-state index in [1.54, 1.807) is 6.20 Å². The zero-order chi connectivity index (χ0) is 13.7. The van der Waals surface area contributed by atoms with E-state index in [1.165, 1.54) is 25.7 Å². The normalized spacial score (nSPS) is 22.8. The first-order valence-corrected chi connectivity index (χ1v) is 7.19. The van der Waals surface area contributed by atoms with Gasteiger partial charge in [0.05, 0.1) is 0 Å². The maximum atomic E-state index is 11.7. The van der Waals surface area contributed by atoms with Crippen LogP contribution in [0.5, 0.6) is 0 Å². The molecule has 2 N–H and O–H groups in total. The summed E-state index contributed by atoms with van der Waals surface area (Å²) in [5, 5.41) is 6.30. The molecule has 104 valence electrons. The monoisotopic (exact) mass is 261 g/mol. The summed E-state index contributed by atoms with van der Waals surface area (Å²) in [7, 11) is 0. The average Bonchev–Trinajstić information content (AvgIpc) is 2.39. The molecule has 1 saturated carbocycles. The van der Waals surface area contributed by atoms with Crippen LogP contribution >= 0.6 is 0 Å². The fraction of sp³-hybridized carbons (Fsp3) is 0.600. The molecule has 0 radical (unpaired) electrons. The first-order valence-electron chi connectivity index (χ1n) is 7.19. The van der Waals surface area contributed by atoms with Gasteiger partial charge in [-0.3, -0.25) is 9.78 Å². The smallest absolute Gasteiger partial charge is 0.269 e. The van der Waals surface area contributed by atoms with E-state index in [0.717, 1.165) is 11.6 Å². The minimum Gasteiger partial charge on any atom is -0.382 e. The zero-order valence-corrected chi connectivity index (χ0v) is 11.8. The highest BCUT2D eigenvalue weighted by Crippen LogP contribution is 2.26. The average molecular weight is 261 g/mol. The van der Waals surface area contributed by atoms with Gasteiger partial charge in [-0.05, 0) is 37.8 Å². The van der Waals surface area contributed by atoms with Crippen LogP contribution in [0.4, 0.5) is 5.69 Å². The lowest BCUT2D eigenvalue weighted by Gasteiger charge is -2.28. The van der Waals surface area contributed by atoms with Gasteiger partial charge < -0.3 is 10.6 Å². The Morgan fingerprint density at radius 2 is 2.32 bits per heavy atom. The molecule has 1 fully saturated rings. The number of anilines is 1. The van der Waals surface area contributed by atoms with Crippen molar-refractivity contribution in [1.29, 1.82) is 0 Å². The van der Waals surface area contributed by atoms with Crippen LogP contribution in [0.1, 0.15) is 50.0 Å². The predicted molar refractivity (Wildman–Crippen MR) is 77.3 cm³/mol. The summed E-state index contributed by atoms with van der Waals surface area (Å²) >= 11 is 0. The minimum absolute atomic E-state index is 0.108. The lowest BCUT2D eigenvalue weighted by Crippen LogP contribution is -2.27. The Balaban J connectivity index is 2.00. The van der Waals surface area contributed by atoms with E-state index in [2.05, 4.69) is 22.5 Å². The molecule has 0 bridgehead atoms. The van der Waals surface area contributed by atoms with E-state index in [0.29, 0.717) is 18.3 Å². The molecule has 1 aliphatic carbocycles. The molecule has 4 heteroatoms. The predicted octanol–water partition coefficient (Wildman–Crippen LogP) is 2.82. The number of rotatable bonds is 4. The van der Waals surface area contributed by atoms with Crippen molar-refractivity contribution in [3.8, 4) is 0 Å². The third kappa shape index (κ3) is 3.94. The molecule has 2 unspecified atom stereocenters. The summed E-state index contributed by atoms with van der Waals surface area (Å²) < 4.78 is 0. The van der Waals surface area contributed by atoms with Gasteiger partial charge in [0.1, 0.15) is 5.69 Å². The molecule has 1 aromatic rings. The third-order valence-corrected chi connectivity index (χ3v) is 3.64. The highest BCUT2D eigenvalue weighted by atomic mass is 16.1. The molecular formula is C15H23N3O. The number of carbonyl (C=O) groups excluding carboxylic acids is 1. The van der Waals surface area contributed by atoms with Crippen LogP contribution in [0.25, 0.3) is 0 Å². The number of pyridine rings is 1. The molecule has 1 aliphatic rings. The lowest BCUT2D eigenvalue weighted by atomic mass is 9.87. The molecule has 1 aromatic heterocycles. The van der Waals surface area contributed by atoms with Crippen molar-refractivity contribution >= 4 is 11.6 Å². The van der Waals surface area contributed by atoms with Gasteiger partial charge >= 0.3 is 0 Å². The van der Waals surface area contributed by atoms with Gasteiger partial charge in [0.2, 0.25) is 0 Å². The van der Waals surface area contributed by atoms with Crippen molar-refractivity contribution in [2.75, 3.05) is 11.9 Å². The van der Waals surface area contributed by atoms with Crippen molar-refractivity contribution in [2.45, 2.75) is 45.6 Å². The number of hydrogen-bond donors (Lipinski definition) is 2. The molecular weight excluding hydrogens is 238 g/mol. The van der Waals surface area contributed by atoms with E-state index < -0.39 is 0 Å². The topological polar surface area (TPSA) is 54.0 Å². The largest absolute Gasteiger partial charge is 0.382 e. The van der Waals surface area contributed by atoms with Gasteiger partial charge in [0.25, 0.3) is 5.91 Å². The Morgan fingerprint density at radius 3 is 3.05 bits per heavy atom. The maximum Gasteiger partial charge on any atom is 0.269 e. The van der Waals surface area contributed by atoms with Crippen LogP contribution in [-0.4, -0.2) is 23.5 Å². The van der Waals surface area contributed by atoms with Crippen molar-refractivity contribution < 1.29 is 4.79 Å². The molecule has 1 amide bonds. The fourth-order valence-electron chi connectivity index (χ4n) is 2.70. The van der Waals surface area contributed by atoms with Gasteiger partial charge in [0, 0.05) is 24.5 Å². The zero-order valence-electron chi connectivity index (χ0n) is 11.8. The van der Waals surface area contributed by atoms with Crippen LogP contribution in [0, 0.1) is 5.92 Å². The summed E-state index contributed by atoms with van der Waals surface area (Å²) in [6.45, 7) is 4.84. The summed E-state index contributed by atoms with van der Waals surface area (Å²) in [5.41, 5.74) is 1.48. The first-order chi connectivity index (χ1) is 9.19. The molecule has 0 saturated heterocycles. The highest BCUT2D eigenvalue weighted by Gasteiger charge is 2.18. The van der Waals surface area contributed by atoms with Crippen LogP contribution in [0.2, 0.25) is 0 Å². The Kier molecular flexibility index (Phi) is 4.77. The van der Waals surface area contributed by atoms with Gasteiger partial charge in [0.15, 0.2) is 0 Å². The maximum absolute atomic E-state index is 11.7. The van der Waals surface area contributed by atoms with Crippen LogP contribution in [0.15, 0.2) is 18.3 Å². The first kappa shape index (κ1) is 13.8. The summed E-state index contributed by atoms with van der Waals surface area (Å²) in [5.74, 6) is 0.680. The molecule has 0 spiro atoms. The van der Waals surface area contributed by atoms with Crippen molar-refractivity contribution in [2.24, 2.45) is 5.92 Å². The second-order valence-corrected chi connectivity index (χ2v) is 5.40. The second kappa shape index (κ2) is 6.55. The molecule has 0 aliphatic heterocycles. The molecule has 1 heterocycles. The molecule has 4 nitrogen and oxygen atoms in total. The van der Waals surface area contributed by atoms with Gasteiger partial charge in [-0.1, -0.05) is 19.8 Å². The van der Waals surface area contributed by atoms with Gasteiger partial charge in [-0.25, -0.2) is 0 Å². The Bertz CT molecular complexity index is 433. The van der Waals surface area contributed by atoms with E-state index >= 15 is 0 Å². The Morgan fingerprint density at radius 1 is 1.47 bits per heavy atom. The van der Waals surface area contributed by atoms with E-state index in [4.69, 9.17) is 0 Å². The number of hydrogen-bond acceptors (Lipinski definition) is 3. The molecule has 0 aromatic carbocycles. The number of carbonyl (C=O) groups is 1. The third-order valence-electron chi connectivity index (χ3n) is 3.64. The number of nitrogens with zero attached hydrogens (tertiary/aromatic N) is 1. The Hall–Kier alpha value is -1.58. The molecule has 2 rings (SSSR count). The highest BCUT2D eigenvalue weighted by molar-refractivity contribution is 5.93. The second-order valence-electron chi connectivity index (χ2n) is 5.40. The van der Waals surface area contributed by atoms with Gasteiger partial charge in [-0.2, -0.15) is 0 Å². The van der Waals surface area contributed by atoms with E-state index in [1.807, 2.05) is 19.1 Å². The lowest BCUT2D eigenvalue weighted by molar-refractivity contribution is 0.0951. The van der Waals surface area contributed by atoms with Crippen LogP contribution in [0.3, 0.4) is 0 Å². The fourth-order valence-corrected chi connectivity index (χ4v) is 2.70. The molecule has 2 atom stereocenters. The minimum atomic E-state index is -0.108. The van der Waals surface area contributed by atoms with Crippen molar-refractivity contribution in [3.05, 3.63) is 24.0 Å². The van der Waals surface area contributed by atoms with E-state index in [-0.39, 0.29) is 5.91 Å². The summed E-state index contributed by atoms with van der Waals surface area (Å²) in [6.07, 6.45) is 6.73. The van der Waals surface area contributed by atoms with Crippen molar-refractivity contribution in [3.63, 3.8) is 0 Å². The number of amides is 1. The van der Waals surface area contributed by atoms with Crippen LogP contribution in [-0.2, 0) is 0 Å². The number of nitrogens with one attached hydrogen (secondary N) is 2. The summed E-state index contributed by atoms with van der Waals surface area (Å²) in [6, 6.07) is 4.29. The number of aromatic nitrogens is 1. The quantitative estimate of drug-likeness (QED) is 0.876. The Labute approximate surface area is 115 Å². The summed E-state index contributed by atoms with van der Waals surface area (Å²) in [4.78, 5) is 15.9. The van der Waals surface area contributed by atoms with Crippen molar-refractivity contribution in [1.82, 2.24) is 10.3 Å². The van der Waals surface area contributed by atoms with E-state index in [9.17, 15) is 4.79 Å². The van der Waals surface area contributed by atoms with Crippen LogP contribution < -0.4 is 10.6 Å².